The maximum atomic E-state index is 13.5. The van der Waals surface area contributed by atoms with Gasteiger partial charge in [0, 0.05) is 17.5 Å². The highest BCUT2D eigenvalue weighted by Gasteiger charge is 2.35. The summed E-state index contributed by atoms with van der Waals surface area (Å²) in [5, 5.41) is 20.5. The lowest BCUT2D eigenvalue weighted by molar-refractivity contribution is -0.113. The fraction of sp³-hybridized carbons (Fsp3) is 0.174. The van der Waals surface area contributed by atoms with Gasteiger partial charge in [-0.15, -0.1) is 0 Å². The number of nitrogens with one attached hydrogen (secondary N) is 2. The number of allylic oxidation sites excluding steroid dienone is 1. The maximum absolute atomic E-state index is 13.5. The maximum Gasteiger partial charge on any atom is 0.257 e. The molecule has 0 unspecified atom stereocenters. The van der Waals surface area contributed by atoms with Gasteiger partial charge in [-0.1, -0.05) is 35.0 Å². The van der Waals surface area contributed by atoms with Gasteiger partial charge in [0.1, 0.15) is 5.76 Å². The van der Waals surface area contributed by atoms with Crippen LogP contribution in [0.15, 0.2) is 64.3 Å². The number of phenolic OH excluding ortho intramolecular Hbond substituents is 1. The van der Waals surface area contributed by atoms with E-state index in [-0.39, 0.29) is 22.3 Å². The van der Waals surface area contributed by atoms with Crippen LogP contribution in [0.4, 0.5) is 11.5 Å². The number of nitrogens with zero attached hydrogens (tertiary/aromatic N) is 2. The molecule has 10 heteroatoms. The number of phenols is 1. The quantitative estimate of drug-likeness (QED) is 0.448. The minimum Gasteiger partial charge on any atom is -0.503 e. The number of anilines is 2. The highest BCUT2D eigenvalue weighted by molar-refractivity contribution is 7.80. The molecule has 8 nitrogen and oxygen atoms in total. The molecule has 1 amide bonds. The summed E-state index contributed by atoms with van der Waals surface area (Å²) in [7, 11) is 1.42. The summed E-state index contributed by atoms with van der Waals surface area (Å²) in [6.07, 6.45) is 0. The first-order valence-corrected chi connectivity index (χ1v) is 10.8. The van der Waals surface area contributed by atoms with Crippen LogP contribution >= 0.6 is 23.8 Å². The van der Waals surface area contributed by atoms with Gasteiger partial charge in [-0.25, -0.2) is 0 Å². The fourth-order valence-corrected chi connectivity index (χ4v) is 4.28. The van der Waals surface area contributed by atoms with Crippen molar-refractivity contribution in [1.29, 1.82) is 0 Å². The van der Waals surface area contributed by atoms with E-state index in [1.165, 1.54) is 7.11 Å². The molecule has 0 saturated carbocycles. The number of para-hydroxylation sites is 1. The number of rotatable bonds is 5. The first-order chi connectivity index (χ1) is 15.8. The molecule has 170 valence electrons. The number of hydrogen-bond acceptors (Lipinski definition) is 6. The molecule has 33 heavy (non-hydrogen) atoms. The van der Waals surface area contributed by atoms with Crippen molar-refractivity contribution in [2.45, 2.75) is 19.9 Å². The second kappa shape index (κ2) is 9.13. The number of carbonyl (C=O) groups is 1. The smallest absolute Gasteiger partial charge is 0.257 e. The van der Waals surface area contributed by atoms with Gasteiger partial charge in [-0.05, 0) is 55.9 Å². The van der Waals surface area contributed by atoms with Gasteiger partial charge >= 0.3 is 0 Å². The number of thiocarbonyl (C=S) groups is 1. The lowest BCUT2D eigenvalue weighted by Gasteiger charge is -2.38. The third kappa shape index (κ3) is 4.37. The van der Waals surface area contributed by atoms with Crippen LogP contribution in [-0.4, -0.2) is 28.4 Å². The molecule has 4 rings (SSSR count). The SMILES string of the molecule is COc1cc([C@H]2NC(=S)N(c3ccccc3)C(C)=C2C(=O)Nc2cc(C)on2)cc(Cl)c1O. The van der Waals surface area contributed by atoms with Crippen molar-refractivity contribution in [3.63, 3.8) is 0 Å². The molecule has 1 aliphatic heterocycles. The number of benzene rings is 2. The standard InChI is InChI=1S/C23H21ClN4O4S/c1-12-9-18(27-32-12)25-22(30)19-13(2)28(15-7-5-4-6-8-15)23(33)26-20(19)14-10-16(24)21(29)17(11-14)31-3/h4-11,20,29H,1-3H3,(H,26,33)(H,25,27,30)/t20-/m1/s1. The van der Waals surface area contributed by atoms with Crippen molar-refractivity contribution >= 4 is 46.3 Å². The predicted octanol–water partition coefficient (Wildman–Crippen LogP) is 4.70. The van der Waals surface area contributed by atoms with E-state index in [0.717, 1.165) is 5.69 Å². The zero-order valence-electron chi connectivity index (χ0n) is 18.0. The van der Waals surface area contributed by atoms with Crippen LogP contribution in [0, 0.1) is 6.92 Å². The molecule has 0 aliphatic carbocycles. The van der Waals surface area contributed by atoms with Crippen molar-refractivity contribution in [3.8, 4) is 11.5 Å². The first-order valence-electron chi connectivity index (χ1n) is 9.97. The Balaban J connectivity index is 1.85. The number of aromatic nitrogens is 1. The van der Waals surface area contributed by atoms with E-state index in [0.29, 0.717) is 27.7 Å². The largest absolute Gasteiger partial charge is 0.503 e. The van der Waals surface area contributed by atoms with Crippen molar-refractivity contribution in [2.24, 2.45) is 0 Å². The zero-order valence-corrected chi connectivity index (χ0v) is 19.6. The van der Waals surface area contributed by atoms with E-state index in [2.05, 4.69) is 15.8 Å². The van der Waals surface area contributed by atoms with Crippen LogP contribution in [0.3, 0.4) is 0 Å². The Morgan fingerprint density at radius 3 is 2.64 bits per heavy atom. The average molecular weight is 485 g/mol. The van der Waals surface area contributed by atoms with Gasteiger partial charge < -0.3 is 25.0 Å². The van der Waals surface area contributed by atoms with E-state index in [1.54, 1.807) is 30.0 Å². The van der Waals surface area contributed by atoms with Crippen molar-refractivity contribution in [1.82, 2.24) is 10.5 Å². The zero-order chi connectivity index (χ0) is 23.7. The van der Waals surface area contributed by atoms with Crippen LogP contribution in [-0.2, 0) is 4.79 Å². The molecular weight excluding hydrogens is 464 g/mol. The van der Waals surface area contributed by atoms with Gasteiger partial charge in [0.05, 0.1) is 23.7 Å². The number of aromatic hydroxyl groups is 1. The summed E-state index contributed by atoms with van der Waals surface area (Å²) in [5.74, 6) is 0.455. The predicted molar refractivity (Wildman–Crippen MR) is 130 cm³/mol. The number of methoxy groups -OCH3 is 1. The molecule has 2 heterocycles. The Bertz CT molecular complexity index is 1260. The van der Waals surface area contributed by atoms with Gasteiger partial charge in [0.15, 0.2) is 22.4 Å². The number of carbonyl (C=O) groups excluding carboxylic acids is 1. The van der Waals surface area contributed by atoms with E-state index in [9.17, 15) is 9.90 Å². The monoisotopic (exact) mass is 484 g/mol. The Hall–Kier alpha value is -3.56. The van der Waals surface area contributed by atoms with E-state index in [1.807, 2.05) is 37.3 Å². The minimum absolute atomic E-state index is 0.0899. The summed E-state index contributed by atoms with van der Waals surface area (Å²) >= 11 is 11.9. The molecule has 1 atom stereocenters. The molecule has 3 N–H and O–H groups in total. The molecule has 0 bridgehead atoms. The summed E-state index contributed by atoms with van der Waals surface area (Å²) in [6.45, 7) is 3.55. The highest BCUT2D eigenvalue weighted by Crippen LogP contribution is 2.40. The summed E-state index contributed by atoms with van der Waals surface area (Å²) in [4.78, 5) is 15.3. The van der Waals surface area contributed by atoms with E-state index in [4.69, 9.17) is 33.1 Å². The van der Waals surface area contributed by atoms with Crippen molar-refractivity contribution < 1.29 is 19.2 Å². The summed E-state index contributed by atoms with van der Waals surface area (Å²) in [5.41, 5.74) is 2.40. The normalized spacial score (nSPS) is 15.9. The van der Waals surface area contributed by atoms with E-state index < -0.39 is 11.9 Å². The molecule has 1 aromatic heterocycles. The molecule has 0 fully saturated rings. The molecular formula is C23H21ClN4O4S. The second-order valence-electron chi connectivity index (χ2n) is 7.38. The number of aryl methyl sites for hydroxylation is 1. The first kappa shape index (κ1) is 22.6. The minimum atomic E-state index is -0.669. The lowest BCUT2D eigenvalue weighted by Crippen LogP contribution is -2.48. The topological polar surface area (TPSA) is 99.9 Å². The Morgan fingerprint density at radius 2 is 2.00 bits per heavy atom. The molecule has 0 radical (unpaired) electrons. The third-order valence-corrected chi connectivity index (χ3v) is 5.81. The summed E-state index contributed by atoms with van der Waals surface area (Å²) < 4.78 is 10.3. The second-order valence-corrected chi connectivity index (χ2v) is 8.18. The van der Waals surface area contributed by atoms with Crippen LogP contribution in [0.1, 0.15) is 24.3 Å². The average Bonchev–Trinajstić information content (AvgIpc) is 3.20. The van der Waals surface area contributed by atoms with Gasteiger partial charge in [-0.3, -0.25) is 9.69 Å². The molecule has 0 saturated heterocycles. The van der Waals surface area contributed by atoms with E-state index >= 15 is 0 Å². The molecule has 3 aromatic rings. The van der Waals surface area contributed by atoms with Crippen LogP contribution < -0.4 is 20.3 Å². The Kier molecular flexibility index (Phi) is 6.26. The summed E-state index contributed by atoms with van der Waals surface area (Å²) in [6, 6.07) is 13.6. The van der Waals surface area contributed by atoms with Gasteiger partial charge in [-0.2, -0.15) is 0 Å². The van der Waals surface area contributed by atoms with Crippen LogP contribution in [0.2, 0.25) is 5.02 Å². The van der Waals surface area contributed by atoms with Gasteiger partial charge in [0.25, 0.3) is 5.91 Å². The van der Waals surface area contributed by atoms with Crippen LogP contribution in [0.25, 0.3) is 0 Å². The number of ether oxygens (including phenoxy) is 1. The van der Waals surface area contributed by atoms with Crippen molar-refractivity contribution in [3.05, 3.63) is 76.1 Å². The molecule has 2 aromatic carbocycles. The number of halogens is 1. The number of amides is 1. The number of hydrogen-bond donors (Lipinski definition) is 3. The molecule has 0 spiro atoms. The van der Waals surface area contributed by atoms with Crippen molar-refractivity contribution in [2.75, 3.05) is 17.3 Å². The van der Waals surface area contributed by atoms with Gasteiger partial charge in [0.2, 0.25) is 0 Å². The molecule has 1 aliphatic rings. The lowest BCUT2D eigenvalue weighted by atomic mass is 9.93. The highest BCUT2D eigenvalue weighted by atomic mass is 35.5. The third-order valence-electron chi connectivity index (χ3n) is 5.22. The Labute approximate surface area is 200 Å². The fourth-order valence-electron chi connectivity index (χ4n) is 3.70. The van der Waals surface area contributed by atoms with Crippen LogP contribution in [0.5, 0.6) is 11.5 Å². The Morgan fingerprint density at radius 1 is 1.27 bits per heavy atom.